The minimum Gasteiger partial charge on any atom is -0.325 e. The molecule has 2 aromatic carbocycles. The highest BCUT2D eigenvalue weighted by molar-refractivity contribution is 8.00. The van der Waals surface area contributed by atoms with E-state index in [2.05, 4.69) is 11.4 Å². The number of hydrogen-bond donors (Lipinski definition) is 1. The van der Waals surface area contributed by atoms with E-state index in [4.69, 9.17) is 0 Å². The average Bonchev–Trinajstić information content (AvgIpc) is 2.80. The number of carbonyl (C=O) groups excluding carboxylic acids is 3. The molecule has 0 atom stereocenters. The number of carbonyl (C=O) groups is 3. The van der Waals surface area contributed by atoms with Crippen LogP contribution >= 0.6 is 11.8 Å². The number of anilines is 1. The summed E-state index contributed by atoms with van der Waals surface area (Å²) in [7, 11) is 1.45. The Morgan fingerprint density at radius 3 is 2.44 bits per heavy atom. The van der Waals surface area contributed by atoms with Gasteiger partial charge in [0.15, 0.2) is 0 Å². The second-order valence-corrected chi connectivity index (χ2v) is 7.06. The first kappa shape index (κ1) is 17.2. The lowest BCUT2D eigenvalue weighted by atomic mass is 10.1. The summed E-state index contributed by atoms with van der Waals surface area (Å²) in [5, 5.41) is 2.78. The molecular weight excluding hydrogens is 336 g/mol. The molecule has 0 bridgehead atoms. The van der Waals surface area contributed by atoms with E-state index in [-0.39, 0.29) is 23.5 Å². The van der Waals surface area contributed by atoms with Crippen LogP contribution in [0.3, 0.4) is 0 Å². The first-order valence-electron chi connectivity index (χ1n) is 7.83. The van der Waals surface area contributed by atoms with Gasteiger partial charge in [0.05, 0.1) is 16.9 Å². The molecule has 1 N–H and O–H groups in total. The zero-order valence-electron chi connectivity index (χ0n) is 14.3. The summed E-state index contributed by atoms with van der Waals surface area (Å²) in [6.07, 6.45) is 0. The number of imide groups is 1. The topological polar surface area (TPSA) is 66.5 Å². The van der Waals surface area contributed by atoms with Crippen molar-refractivity contribution in [3.8, 4) is 0 Å². The van der Waals surface area contributed by atoms with E-state index in [0.29, 0.717) is 16.8 Å². The number of benzene rings is 2. The standard InChI is InChI=1S/C19H18N2O3S/c1-11-4-6-14(8-12(11)2)25-10-17(22)20-13-5-7-15-16(9-13)19(24)21(3)18(15)23/h4-9H,10H2,1-3H3,(H,20,22). The molecule has 2 aromatic rings. The second kappa shape index (κ2) is 6.72. The maximum atomic E-state index is 12.2. The number of hydrogen-bond acceptors (Lipinski definition) is 4. The van der Waals surface area contributed by atoms with Gasteiger partial charge in [-0.05, 0) is 55.3 Å². The van der Waals surface area contributed by atoms with Crippen molar-refractivity contribution in [3.05, 3.63) is 58.7 Å². The van der Waals surface area contributed by atoms with E-state index in [0.717, 1.165) is 9.80 Å². The average molecular weight is 354 g/mol. The maximum Gasteiger partial charge on any atom is 0.261 e. The Morgan fingerprint density at radius 1 is 1.00 bits per heavy atom. The fourth-order valence-corrected chi connectivity index (χ4v) is 3.38. The highest BCUT2D eigenvalue weighted by Gasteiger charge is 2.32. The molecule has 0 radical (unpaired) electrons. The molecule has 5 nitrogen and oxygen atoms in total. The van der Waals surface area contributed by atoms with Gasteiger partial charge in [0.2, 0.25) is 5.91 Å². The first-order valence-corrected chi connectivity index (χ1v) is 8.81. The zero-order chi connectivity index (χ0) is 18.1. The fraction of sp³-hybridized carbons (Fsp3) is 0.211. The first-order chi connectivity index (χ1) is 11.9. The molecule has 0 saturated heterocycles. The third kappa shape index (κ3) is 3.44. The normalized spacial score (nSPS) is 13.2. The number of fused-ring (bicyclic) bond motifs is 1. The lowest BCUT2D eigenvalue weighted by molar-refractivity contribution is -0.113. The van der Waals surface area contributed by atoms with Gasteiger partial charge in [-0.15, -0.1) is 11.8 Å². The molecule has 6 heteroatoms. The van der Waals surface area contributed by atoms with Crippen molar-refractivity contribution in [1.82, 2.24) is 4.90 Å². The van der Waals surface area contributed by atoms with Crippen LogP contribution in [0, 0.1) is 13.8 Å². The molecule has 3 rings (SSSR count). The Kier molecular flexibility index (Phi) is 4.63. The predicted octanol–water partition coefficient (Wildman–Crippen LogP) is 3.26. The summed E-state index contributed by atoms with van der Waals surface area (Å²) in [5.41, 5.74) is 3.62. The smallest absolute Gasteiger partial charge is 0.261 e. The van der Waals surface area contributed by atoms with E-state index in [9.17, 15) is 14.4 Å². The Bertz CT molecular complexity index is 892. The number of rotatable bonds is 4. The number of aryl methyl sites for hydroxylation is 2. The molecular formula is C19H18N2O3S. The third-order valence-electron chi connectivity index (χ3n) is 4.22. The van der Waals surface area contributed by atoms with Crippen molar-refractivity contribution in [3.63, 3.8) is 0 Å². The maximum absolute atomic E-state index is 12.2. The molecule has 0 fully saturated rings. The lowest BCUT2D eigenvalue weighted by Crippen LogP contribution is -2.24. The van der Waals surface area contributed by atoms with Gasteiger partial charge in [0.25, 0.3) is 11.8 Å². The molecule has 25 heavy (non-hydrogen) atoms. The molecule has 1 aliphatic heterocycles. The van der Waals surface area contributed by atoms with Gasteiger partial charge in [0.1, 0.15) is 0 Å². The van der Waals surface area contributed by atoms with Crippen molar-refractivity contribution >= 4 is 35.2 Å². The molecule has 1 heterocycles. The third-order valence-corrected chi connectivity index (χ3v) is 5.22. The van der Waals surface area contributed by atoms with Crippen LogP contribution in [0.15, 0.2) is 41.3 Å². The largest absolute Gasteiger partial charge is 0.325 e. The van der Waals surface area contributed by atoms with Gasteiger partial charge in [0, 0.05) is 17.6 Å². The van der Waals surface area contributed by atoms with Crippen LogP contribution in [0.1, 0.15) is 31.8 Å². The van der Waals surface area contributed by atoms with Crippen LogP contribution in [0.25, 0.3) is 0 Å². The van der Waals surface area contributed by atoms with Crippen LogP contribution in [-0.2, 0) is 4.79 Å². The van der Waals surface area contributed by atoms with Gasteiger partial charge in [-0.2, -0.15) is 0 Å². The van der Waals surface area contributed by atoms with E-state index >= 15 is 0 Å². The Hall–Kier alpha value is -2.60. The van der Waals surface area contributed by atoms with Crippen molar-refractivity contribution in [1.29, 1.82) is 0 Å². The monoisotopic (exact) mass is 354 g/mol. The molecule has 1 aliphatic rings. The Labute approximate surface area is 150 Å². The van der Waals surface area contributed by atoms with Crippen LogP contribution in [0.5, 0.6) is 0 Å². The second-order valence-electron chi connectivity index (χ2n) is 6.01. The van der Waals surface area contributed by atoms with Gasteiger partial charge in [-0.1, -0.05) is 6.07 Å². The lowest BCUT2D eigenvalue weighted by Gasteiger charge is -2.07. The minimum absolute atomic E-state index is 0.159. The number of nitrogens with zero attached hydrogens (tertiary/aromatic N) is 1. The number of nitrogens with one attached hydrogen (secondary N) is 1. The van der Waals surface area contributed by atoms with Crippen LogP contribution < -0.4 is 5.32 Å². The Morgan fingerprint density at radius 2 is 1.72 bits per heavy atom. The molecule has 3 amide bonds. The summed E-state index contributed by atoms with van der Waals surface area (Å²) in [4.78, 5) is 38.1. The van der Waals surface area contributed by atoms with Crippen molar-refractivity contribution in [2.45, 2.75) is 18.7 Å². The van der Waals surface area contributed by atoms with Crippen molar-refractivity contribution in [2.75, 3.05) is 18.1 Å². The molecule has 0 saturated carbocycles. The van der Waals surface area contributed by atoms with Gasteiger partial charge >= 0.3 is 0 Å². The molecule has 0 aliphatic carbocycles. The van der Waals surface area contributed by atoms with E-state index < -0.39 is 0 Å². The summed E-state index contributed by atoms with van der Waals surface area (Å²) >= 11 is 1.46. The molecule has 0 spiro atoms. The Balaban J connectivity index is 1.65. The van der Waals surface area contributed by atoms with E-state index in [1.54, 1.807) is 18.2 Å². The number of thioether (sulfide) groups is 1. The van der Waals surface area contributed by atoms with Crippen molar-refractivity contribution in [2.24, 2.45) is 0 Å². The van der Waals surface area contributed by atoms with Crippen LogP contribution in [-0.4, -0.2) is 35.4 Å². The van der Waals surface area contributed by atoms with Crippen LogP contribution in [0.2, 0.25) is 0 Å². The molecule has 0 aromatic heterocycles. The summed E-state index contributed by atoms with van der Waals surface area (Å²) < 4.78 is 0. The fourth-order valence-electron chi connectivity index (χ4n) is 2.59. The summed E-state index contributed by atoms with van der Waals surface area (Å²) in [6, 6.07) is 10.9. The van der Waals surface area contributed by atoms with Gasteiger partial charge in [-0.25, -0.2) is 0 Å². The van der Waals surface area contributed by atoms with Crippen LogP contribution in [0.4, 0.5) is 5.69 Å². The van der Waals surface area contributed by atoms with E-state index in [1.807, 2.05) is 26.0 Å². The SMILES string of the molecule is Cc1ccc(SCC(=O)Nc2ccc3c(c2)C(=O)N(C)C3=O)cc1C. The summed E-state index contributed by atoms with van der Waals surface area (Å²) in [6.45, 7) is 4.09. The predicted molar refractivity (Wildman–Crippen MR) is 98.1 cm³/mol. The number of amides is 3. The van der Waals surface area contributed by atoms with Gasteiger partial charge < -0.3 is 5.32 Å². The van der Waals surface area contributed by atoms with Crippen molar-refractivity contribution < 1.29 is 14.4 Å². The molecule has 0 unspecified atom stereocenters. The van der Waals surface area contributed by atoms with Gasteiger partial charge in [-0.3, -0.25) is 19.3 Å². The quantitative estimate of drug-likeness (QED) is 0.676. The molecule has 128 valence electrons. The zero-order valence-corrected chi connectivity index (χ0v) is 15.1. The minimum atomic E-state index is -0.347. The highest BCUT2D eigenvalue weighted by atomic mass is 32.2. The summed E-state index contributed by atoms with van der Waals surface area (Å²) in [5.74, 6) is -0.552. The highest BCUT2D eigenvalue weighted by Crippen LogP contribution is 2.25. The van der Waals surface area contributed by atoms with E-state index in [1.165, 1.54) is 29.9 Å².